The Morgan fingerprint density at radius 3 is 2.06 bits per heavy atom. The molecule has 0 aliphatic heterocycles. The topological polar surface area (TPSA) is 30.7 Å². The molecule has 2 heterocycles. The third-order valence-corrected chi connectivity index (χ3v) is 2.89. The zero-order valence-electron chi connectivity index (χ0n) is 12.2. The molecule has 0 aromatic carbocycles. The van der Waals surface area contributed by atoms with Gasteiger partial charge in [0.2, 0.25) is 0 Å². The highest BCUT2D eigenvalue weighted by Crippen LogP contribution is 2.25. The molecule has 98 valence electrons. The van der Waals surface area contributed by atoms with Crippen LogP contribution in [0.15, 0.2) is 24.5 Å². The lowest BCUT2D eigenvalue weighted by molar-refractivity contribution is 0.520. The summed E-state index contributed by atoms with van der Waals surface area (Å²) >= 11 is 0. The van der Waals surface area contributed by atoms with E-state index in [0.29, 0.717) is 6.04 Å². The maximum absolute atomic E-state index is 4.67. The molecule has 2 aromatic rings. The summed E-state index contributed by atoms with van der Waals surface area (Å²) in [7, 11) is 0. The van der Waals surface area contributed by atoms with Crippen molar-refractivity contribution < 1.29 is 0 Å². The molecule has 0 amide bonds. The molecule has 0 spiro atoms. The van der Waals surface area contributed by atoms with E-state index in [9.17, 15) is 0 Å². The highest BCUT2D eigenvalue weighted by Gasteiger charge is 2.13. The lowest BCUT2D eigenvalue weighted by atomic mass is 10.1. The molecule has 0 radical (unpaired) electrons. The normalized spacial score (nSPS) is 10.2. The predicted octanol–water partition coefficient (Wildman–Crippen LogP) is 4.17. The second-order valence-electron chi connectivity index (χ2n) is 4.33. The molecule has 0 saturated carbocycles. The van der Waals surface area contributed by atoms with Crippen molar-refractivity contribution in [1.82, 2.24) is 14.8 Å². The van der Waals surface area contributed by atoms with Gasteiger partial charge in [-0.15, -0.1) is 0 Å². The van der Waals surface area contributed by atoms with Crippen LogP contribution in [0.2, 0.25) is 0 Å². The van der Waals surface area contributed by atoms with E-state index >= 15 is 0 Å². The van der Waals surface area contributed by atoms with E-state index in [0.717, 1.165) is 11.3 Å². The second-order valence-corrected chi connectivity index (χ2v) is 4.33. The number of rotatable bonds is 2. The molecule has 3 heteroatoms. The van der Waals surface area contributed by atoms with Gasteiger partial charge in [0.05, 0.1) is 5.69 Å². The van der Waals surface area contributed by atoms with Crippen LogP contribution in [0, 0.1) is 13.8 Å². The molecule has 0 aliphatic rings. The lowest BCUT2D eigenvalue weighted by Gasteiger charge is -2.07. The van der Waals surface area contributed by atoms with E-state index in [1.54, 1.807) is 12.4 Å². The summed E-state index contributed by atoms with van der Waals surface area (Å²) in [6.07, 6.45) is 3.61. The minimum Gasteiger partial charge on any atom is -0.266 e. The van der Waals surface area contributed by atoms with Gasteiger partial charge in [-0.05, 0) is 45.4 Å². The molecular formula is C15H23N3. The van der Waals surface area contributed by atoms with Crippen molar-refractivity contribution in [3.63, 3.8) is 0 Å². The Morgan fingerprint density at radius 2 is 1.61 bits per heavy atom. The van der Waals surface area contributed by atoms with Gasteiger partial charge in [-0.3, -0.25) is 9.67 Å². The van der Waals surface area contributed by atoms with Gasteiger partial charge in [0.1, 0.15) is 0 Å². The fourth-order valence-electron chi connectivity index (χ4n) is 1.89. The van der Waals surface area contributed by atoms with Crippen molar-refractivity contribution in [2.75, 3.05) is 0 Å². The first-order chi connectivity index (χ1) is 8.61. The molecular weight excluding hydrogens is 222 g/mol. The van der Waals surface area contributed by atoms with Gasteiger partial charge in [-0.2, -0.15) is 5.10 Å². The average Bonchev–Trinajstić information content (AvgIpc) is 2.70. The Kier molecular flexibility index (Phi) is 5.08. The third-order valence-electron chi connectivity index (χ3n) is 2.89. The summed E-state index contributed by atoms with van der Waals surface area (Å²) in [5.74, 6) is 0. The fraction of sp³-hybridized carbons (Fsp3) is 0.467. The van der Waals surface area contributed by atoms with E-state index < -0.39 is 0 Å². The van der Waals surface area contributed by atoms with Crippen molar-refractivity contribution in [2.45, 2.75) is 47.6 Å². The summed E-state index contributed by atoms with van der Waals surface area (Å²) in [4.78, 5) is 4.03. The van der Waals surface area contributed by atoms with Crippen LogP contribution in [0.25, 0.3) is 11.3 Å². The van der Waals surface area contributed by atoms with E-state index in [-0.39, 0.29) is 0 Å². The van der Waals surface area contributed by atoms with Gasteiger partial charge < -0.3 is 0 Å². The summed E-state index contributed by atoms with van der Waals surface area (Å²) in [5, 5.41) is 4.67. The number of aromatic nitrogens is 3. The predicted molar refractivity (Wildman–Crippen MR) is 76.7 cm³/mol. The smallest absolute Gasteiger partial charge is 0.0956 e. The Balaban J connectivity index is 0.000000771. The molecule has 0 bridgehead atoms. The van der Waals surface area contributed by atoms with Crippen LogP contribution < -0.4 is 0 Å². The van der Waals surface area contributed by atoms with Gasteiger partial charge >= 0.3 is 0 Å². The van der Waals surface area contributed by atoms with Crippen molar-refractivity contribution >= 4 is 0 Å². The molecule has 0 unspecified atom stereocenters. The SMILES string of the molecule is CC.Cc1c(-c2ccncc2)nn(C(C)C)c1C. The van der Waals surface area contributed by atoms with Crippen LogP contribution in [0.4, 0.5) is 0 Å². The van der Waals surface area contributed by atoms with Crippen molar-refractivity contribution in [1.29, 1.82) is 0 Å². The van der Waals surface area contributed by atoms with Crippen LogP contribution in [-0.2, 0) is 0 Å². The monoisotopic (exact) mass is 245 g/mol. The quantitative estimate of drug-likeness (QED) is 0.795. The molecule has 0 atom stereocenters. The first-order valence-corrected chi connectivity index (χ1v) is 6.57. The summed E-state index contributed by atoms with van der Waals surface area (Å²) in [6, 6.07) is 4.40. The minimum atomic E-state index is 0.397. The molecule has 0 fully saturated rings. The van der Waals surface area contributed by atoms with Crippen LogP contribution in [0.1, 0.15) is 45.0 Å². The summed E-state index contributed by atoms with van der Waals surface area (Å²) in [5.41, 5.74) is 4.69. The van der Waals surface area contributed by atoms with Crippen molar-refractivity contribution in [3.8, 4) is 11.3 Å². The van der Waals surface area contributed by atoms with E-state index in [4.69, 9.17) is 0 Å². The van der Waals surface area contributed by atoms with Crippen LogP contribution in [0.5, 0.6) is 0 Å². The van der Waals surface area contributed by atoms with Crippen molar-refractivity contribution in [2.24, 2.45) is 0 Å². The molecule has 2 aromatic heterocycles. The number of nitrogens with zero attached hydrogens (tertiary/aromatic N) is 3. The lowest BCUT2D eigenvalue weighted by Crippen LogP contribution is -2.04. The Hall–Kier alpha value is -1.64. The number of hydrogen-bond acceptors (Lipinski definition) is 2. The summed E-state index contributed by atoms with van der Waals surface area (Å²) < 4.78 is 2.07. The zero-order chi connectivity index (χ0) is 13.7. The number of hydrogen-bond donors (Lipinski definition) is 0. The van der Waals surface area contributed by atoms with Gasteiger partial charge in [0, 0.05) is 29.7 Å². The van der Waals surface area contributed by atoms with Crippen LogP contribution in [0.3, 0.4) is 0 Å². The fourth-order valence-corrected chi connectivity index (χ4v) is 1.89. The van der Waals surface area contributed by atoms with Gasteiger partial charge in [0.25, 0.3) is 0 Å². The van der Waals surface area contributed by atoms with Gasteiger partial charge in [-0.25, -0.2) is 0 Å². The Labute approximate surface area is 110 Å². The van der Waals surface area contributed by atoms with Gasteiger partial charge in [-0.1, -0.05) is 13.8 Å². The van der Waals surface area contributed by atoms with E-state index in [2.05, 4.69) is 42.5 Å². The van der Waals surface area contributed by atoms with E-state index in [1.165, 1.54) is 11.3 Å². The third kappa shape index (κ3) is 2.78. The van der Waals surface area contributed by atoms with Crippen molar-refractivity contribution in [3.05, 3.63) is 35.8 Å². The minimum absolute atomic E-state index is 0.397. The van der Waals surface area contributed by atoms with Crippen LogP contribution >= 0.6 is 0 Å². The highest BCUT2D eigenvalue weighted by molar-refractivity contribution is 5.63. The molecule has 18 heavy (non-hydrogen) atoms. The van der Waals surface area contributed by atoms with E-state index in [1.807, 2.05) is 26.0 Å². The highest BCUT2D eigenvalue weighted by atomic mass is 15.3. The maximum atomic E-state index is 4.67. The molecule has 2 rings (SSSR count). The zero-order valence-corrected chi connectivity index (χ0v) is 12.2. The standard InChI is InChI=1S/C13H17N3.C2H6/c1-9(2)16-11(4)10(3)13(15-16)12-5-7-14-8-6-12;1-2/h5-9H,1-4H3;1-2H3. The second kappa shape index (κ2) is 6.34. The Bertz CT molecular complexity index is 484. The molecule has 0 N–H and O–H groups in total. The number of pyridine rings is 1. The van der Waals surface area contributed by atoms with Gasteiger partial charge in [0.15, 0.2) is 0 Å². The Morgan fingerprint density at radius 1 is 1.06 bits per heavy atom. The summed E-state index contributed by atoms with van der Waals surface area (Å²) in [6.45, 7) is 12.5. The molecule has 0 aliphatic carbocycles. The van der Waals surface area contributed by atoms with Crippen LogP contribution in [-0.4, -0.2) is 14.8 Å². The largest absolute Gasteiger partial charge is 0.266 e. The molecule has 0 saturated heterocycles. The first kappa shape index (κ1) is 14.4. The molecule has 3 nitrogen and oxygen atoms in total. The maximum Gasteiger partial charge on any atom is 0.0956 e. The average molecular weight is 245 g/mol. The first-order valence-electron chi connectivity index (χ1n) is 6.57.